The minimum atomic E-state index is -4.03. The molecule has 0 fully saturated rings. The molecule has 0 radical (unpaired) electrons. The van der Waals surface area contributed by atoms with Crippen LogP contribution >= 0.6 is 35.0 Å². The summed E-state index contributed by atoms with van der Waals surface area (Å²) in [6.45, 7) is 3.72. The maximum atomic E-state index is 13.6. The summed E-state index contributed by atoms with van der Waals surface area (Å²) >= 11 is 13.7. The van der Waals surface area contributed by atoms with Crippen LogP contribution in [0.25, 0.3) is 0 Å². The number of thioether (sulfide) groups is 1. The molecule has 0 unspecified atom stereocenters. The van der Waals surface area contributed by atoms with Crippen molar-refractivity contribution in [2.45, 2.75) is 24.5 Å². The van der Waals surface area contributed by atoms with E-state index in [4.69, 9.17) is 27.9 Å². The van der Waals surface area contributed by atoms with Gasteiger partial charge >= 0.3 is 0 Å². The van der Waals surface area contributed by atoms with Crippen molar-refractivity contribution >= 4 is 56.6 Å². The van der Waals surface area contributed by atoms with Gasteiger partial charge in [0.05, 0.1) is 17.7 Å². The van der Waals surface area contributed by atoms with Crippen LogP contribution in [0.4, 0.5) is 5.69 Å². The van der Waals surface area contributed by atoms with Gasteiger partial charge in [0, 0.05) is 28.1 Å². The van der Waals surface area contributed by atoms with Gasteiger partial charge in [0.25, 0.3) is 10.0 Å². The van der Waals surface area contributed by atoms with Crippen LogP contribution in [-0.2, 0) is 20.6 Å². The number of ether oxygens (including phenoxy) is 1. The highest BCUT2D eigenvalue weighted by Crippen LogP contribution is 2.33. The largest absolute Gasteiger partial charge is 0.495 e. The van der Waals surface area contributed by atoms with Gasteiger partial charge < -0.3 is 10.1 Å². The fraction of sp³-hybridized carbons (Fsp3) is 0.269. The van der Waals surface area contributed by atoms with Gasteiger partial charge in [-0.15, -0.1) is 0 Å². The van der Waals surface area contributed by atoms with E-state index in [1.165, 1.54) is 19.2 Å². The SMILES string of the molecule is COc1ccc(C)cc1N(CC(=O)NCCSCc1ccc(Cl)cc1Cl)S(=O)(=O)c1ccc(C)cc1. The number of anilines is 1. The molecule has 3 rings (SSSR count). The van der Waals surface area contributed by atoms with E-state index in [1.54, 1.807) is 48.2 Å². The Morgan fingerprint density at radius 1 is 1.00 bits per heavy atom. The second-order valence-corrected chi connectivity index (χ2v) is 11.9. The molecule has 3 aromatic rings. The van der Waals surface area contributed by atoms with Crippen molar-refractivity contribution in [3.63, 3.8) is 0 Å². The van der Waals surface area contributed by atoms with E-state index in [2.05, 4.69) is 5.32 Å². The number of aryl methyl sites for hydroxylation is 2. The van der Waals surface area contributed by atoms with Gasteiger partial charge in [-0.25, -0.2) is 8.42 Å². The van der Waals surface area contributed by atoms with Crippen LogP contribution in [0.5, 0.6) is 5.75 Å². The highest BCUT2D eigenvalue weighted by molar-refractivity contribution is 7.98. The van der Waals surface area contributed by atoms with E-state index in [-0.39, 0.29) is 11.4 Å². The maximum Gasteiger partial charge on any atom is 0.264 e. The van der Waals surface area contributed by atoms with E-state index in [0.29, 0.717) is 39.5 Å². The molecular weight excluding hydrogens is 539 g/mol. The molecule has 0 saturated heterocycles. The predicted molar refractivity (Wildman–Crippen MR) is 149 cm³/mol. The van der Waals surface area contributed by atoms with Crippen molar-refractivity contribution in [2.24, 2.45) is 0 Å². The van der Waals surface area contributed by atoms with Crippen LogP contribution in [0.15, 0.2) is 65.6 Å². The van der Waals surface area contributed by atoms with Gasteiger partial charge in [-0.2, -0.15) is 11.8 Å². The predicted octanol–water partition coefficient (Wildman–Crippen LogP) is 5.86. The first-order valence-corrected chi connectivity index (χ1v) is 14.5. The summed E-state index contributed by atoms with van der Waals surface area (Å²) in [5.74, 6) is 1.24. The second kappa shape index (κ2) is 12.7. The molecule has 0 bridgehead atoms. The zero-order chi connectivity index (χ0) is 26.3. The summed E-state index contributed by atoms with van der Waals surface area (Å²) in [6, 6.07) is 17.1. The highest BCUT2D eigenvalue weighted by Gasteiger charge is 2.29. The third kappa shape index (κ3) is 7.32. The second-order valence-electron chi connectivity index (χ2n) is 8.14. The molecule has 0 saturated carbocycles. The number of carbonyl (C=O) groups excluding carboxylic acids is 1. The van der Waals surface area contributed by atoms with Gasteiger partial charge in [-0.3, -0.25) is 9.10 Å². The summed E-state index contributed by atoms with van der Waals surface area (Å²) in [5, 5.41) is 4.00. The van der Waals surface area contributed by atoms with Crippen molar-refractivity contribution in [1.29, 1.82) is 0 Å². The summed E-state index contributed by atoms with van der Waals surface area (Å²) in [4.78, 5) is 13.0. The van der Waals surface area contributed by atoms with Crippen LogP contribution in [0.1, 0.15) is 16.7 Å². The molecule has 0 heterocycles. The highest BCUT2D eigenvalue weighted by atomic mass is 35.5. The molecule has 0 atom stereocenters. The summed E-state index contributed by atoms with van der Waals surface area (Å²) < 4.78 is 33.7. The molecule has 0 aliphatic carbocycles. The molecular formula is C26H28Cl2N2O4S2. The van der Waals surface area contributed by atoms with Crippen LogP contribution in [0, 0.1) is 13.8 Å². The molecule has 0 aliphatic rings. The van der Waals surface area contributed by atoms with Crippen LogP contribution in [0.3, 0.4) is 0 Å². The zero-order valence-electron chi connectivity index (χ0n) is 20.3. The third-order valence-electron chi connectivity index (χ3n) is 5.34. The van der Waals surface area contributed by atoms with Crippen LogP contribution in [-0.4, -0.2) is 40.3 Å². The molecule has 6 nitrogen and oxygen atoms in total. The van der Waals surface area contributed by atoms with Crippen LogP contribution in [0.2, 0.25) is 10.0 Å². The molecule has 0 aliphatic heterocycles. The Labute approximate surface area is 227 Å². The van der Waals surface area contributed by atoms with Gasteiger partial charge in [0.1, 0.15) is 12.3 Å². The number of nitrogens with one attached hydrogen (secondary N) is 1. The lowest BCUT2D eigenvalue weighted by atomic mass is 10.2. The van der Waals surface area contributed by atoms with Gasteiger partial charge in [0.2, 0.25) is 5.91 Å². The first kappa shape index (κ1) is 28.2. The maximum absolute atomic E-state index is 13.6. The fourth-order valence-corrected chi connectivity index (χ4v) is 6.24. The fourth-order valence-electron chi connectivity index (χ4n) is 3.40. The zero-order valence-corrected chi connectivity index (χ0v) is 23.4. The first-order valence-electron chi connectivity index (χ1n) is 11.1. The van der Waals surface area contributed by atoms with Crippen molar-refractivity contribution in [1.82, 2.24) is 5.32 Å². The Kier molecular flexibility index (Phi) is 9.96. The van der Waals surface area contributed by atoms with Crippen molar-refractivity contribution in [3.05, 3.63) is 87.4 Å². The molecule has 0 spiro atoms. The van der Waals surface area contributed by atoms with E-state index in [9.17, 15) is 13.2 Å². The lowest BCUT2D eigenvalue weighted by Gasteiger charge is -2.26. The number of benzene rings is 3. The Balaban J connectivity index is 1.72. The number of sulfonamides is 1. The molecule has 192 valence electrons. The molecule has 1 amide bonds. The van der Waals surface area contributed by atoms with Crippen molar-refractivity contribution in [2.75, 3.05) is 30.3 Å². The quantitative estimate of drug-likeness (QED) is 0.294. The summed E-state index contributed by atoms with van der Waals surface area (Å²) in [6.07, 6.45) is 0. The number of halogens is 2. The Morgan fingerprint density at radius 3 is 2.36 bits per heavy atom. The first-order chi connectivity index (χ1) is 17.1. The van der Waals surface area contributed by atoms with E-state index in [0.717, 1.165) is 21.0 Å². The minimum absolute atomic E-state index is 0.0971. The van der Waals surface area contributed by atoms with Crippen molar-refractivity contribution in [3.8, 4) is 5.75 Å². The van der Waals surface area contributed by atoms with E-state index < -0.39 is 15.9 Å². The molecule has 1 N–H and O–H groups in total. The number of nitrogens with zero attached hydrogens (tertiary/aromatic N) is 1. The average molecular weight is 568 g/mol. The number of rotatable bonds is 11. The van der Waals surface area contributed by atoms with Gasteiger partial charge in [-0.05, 0) is 61.4 Å². The molecule has 0 aromatic heterocycles. The number of hydrogen-bond acceptors (Lipinski definition) is 5. The van der Waals surface area contributed by atoms with Gasteiger partial charge in [0.15, 0.2) is 0 Å². The topological polar surface area (TPSA) is 75.7 Å². The van der Waals surface area contributed by atoms with Crippen LogP contribution < -0.4 is 14.4 Å². The lowest BCUT2D eigenvalue weighted by molar-refractivity contribution is -0.119. The molecule has 10 heteroatoms. The number of hydrogen-bond donors (Lipinski definition) is 1. The van der Waals surface area contributed by atoms with Crippen molar-refractivity contribution < 1.29 is 17.9 Å². The summed E-state index contributed by atoms with van der Waals surface area (Å²) in [5.41, 5.74) is 3.04. The van der Waals surface area contributed by atoms with E-state index >= 15 is 0 Å². The van der Waals surface area contributed by atoms with Gasteiger partial charge in [-0.1, -0.05) is 53.0 Å². The minimum Gasteiger partial charge on any atom is -0.495 e. The molecule has 3 aromatic carbocycles. The Morgan fingerprint density at radius 2 is 1.69 bits per heavy atom. The normalized spacial score (nSPS) is 11.2. The standard InChI is InChI=1S/C26H28Cl2N2O4S2/c1-18-4-9-22(10-5-18)36(32,33)30(24-14-19(2)6-11-25(24)34-3)16-26(31)29-12-13-35-17-20-7-8-21(27)15-23(20)28/h4-11,14-15H,12-13,16-17H2,1-3H3,(H,29,31). The Bertz CT molecular complexity index is 1320. The number of methoxy groups -OCH3 is 1. The number of amides is 1. The van der Waals surface area contributed by atoms with E-state index in [1.807, 2.05) is 26.0 Å². The third-order valence-corrected chi connectivity index (χ3v) is 8.71. The average Bonchev–Trinajstić information content (AvgIpc) is 2.83. The lowest BCUT2D eigenvalue weighted by Crippen LogP contribution is -2.41. The number of carbonyl (C=O) groups is 1. The Hall–Kier alpha value is -2.39. The molecule has 36 heavy (non-hydrogen) atoms. The summed E-state index contributed by atoms with van der Waals surface area (Å²) in [7, 11) is -2.57. The smallest absolute Gasteiger partial charge is 0.264 e. The monoisotopic (exact) mass is 566 g/mol.